The first-order valence-corrected chi connectivity index (χ1v) is 4.06. The number of pyridine rings is 1. The molecule has 5 heteroatoms. The van der Waals surface area contributed by atoms with Gasteiger partial charge in [-0.05, 0) is 6.07 Å². The van der Waals surface area contributed by atoms with Crippen molar-refractivity contribution in [1.82, 2.24) is 4.98 Å². The molecule has 1 aromatic rings. The summed E-state index contributed by atoms with van der Waals surface area (Å²) >= 11 is 0. The summed E-state index contributed by atoms with van der Waals surface area (Å²) in [6, 6.07) is 1.41. The predicted octanol–water partition coefficient (Wildman–Crippen LogP) is -0.719. The van der Waals surface area contributed by atoms with E-state index in [0.29, 0.717) is 17.4 Å². The van der Waals surface area contributed by atoms with Crippen LogP contribution in [-0.4, -0.2) is 39.3 Å². The van der Waals surface area contributed by atoms with E-state index in [1.165, 1.54) is 18.5 Å². The molecule has 0 aliphatic heterocycles. The van der Waals surface area contributed by atoms with E-state index in [4.69, 9.17) is 10.2 Å². The third-order valence-electron chi connectivity index (χ3n) is 1.81. The number of aromatic nitrogens is 1. The number of aldehydes is 1. The van der Waals surface area contributed by atoms with E-state index < -0.39 is 18.8 Å². The molecular formula is C9H11NO4. The maximum atomic E-state index is 10.4. The zero-order valence-corrected chi connectivity index (χ0v) is 7.37. The topological polar surface area (TPSA) is 90.7 Å². The lowest BCUT2D eigenvalue weighted by molar-refractivity contribution is -0.0154. The summed E-state index contributed by atoms with van der Waals surface area (Å²) in [5.74, 6) is 0. The first-order chi connectivity index (χ1) is 6.69. The van der Waals surface area contributed by atoms with E-state index in [0.717, 1.165) is 0 Å². The van der Waals surface area contributed by atoms with Crippen molar-refractivity contribution in [1.29, 1.82) is 0 Å². The van der Waals surface area contributed by atoms with Gasteiger partial charge < -0.3 is 15.3 Å². The lowest BCUT2D eigenvalue weighted by Crippen LogP contribution is -2.22. The van der Waals surface area contributed by atoms with Gasteiger partial charge in [-0.2, -0.15) is 0 Å². The average molecular weight is 197 g/mol. The molecule has 1 heterocycles. The van der Waals surface area contributed by atoms with Crippen molar-refractivity contribution in [3.05, 3.63) is 29.6 Å². The van der Waals surface area contributed by atoms with Crippen molar-refractivity contribution in [2.75, 3.05) is 6.61 Å². The summed E-state index contributed by atoms with van der Waals surface area (Å²) in [5.41, 5.74) is 0.614. The Balaban J connectivity index is 2.89. The summed E-state index contributed by atoms with van der Waals surface area (Å²) in [7, 11) is 0. The lowest BCUT2D eigenvalue weighted by atomic mass is 10.1. The highest BCUT2D eigenvalue weighted by atomic mass is 16.4. The molecule has 0 fully saturated rings. The maximum absolute atomic E-state index is 10.4. The van der Waals surface area contributed by atoms with Crippen LogP contribution < -0.4 is 0 Å². The second kappa shape index (κ2) is 4.80. The first-order valence-electron chi connectivity index (χ1n) is 4.06. The lowest BCUT2D eigenvalue weighted by Gasteiger charge is -2.15. The largest absolute Gasteiger partial charge is 0.394 e. The molecule has 1 aromatic heterocycles. The molecule has 0 bridgehead atoms. The average Bonchev–Trinajstić information content (AvgIpc) is 2.27. The van der Waals surface area contributed by atoms with Crippen LogP contribution in [0.25, 0.3) is 0 Å². The van der Waals surface area contributed by atoms with Gasteiger partial charge in [-0.15, -0.1) is 0 Å². The Morgan fingerprint density at radius 3 is 2.71 bits per heavy atom. The molecule has 0 aromatic carbocycles. The molecule has 0 spiro atoms. The Hall–Kier alpha value is -1.30. The fraction of sp³-hybridized carbons (Fsp3) is 0.333. The normalized spacial score (nSPS) is 14.8. The maximum Gasteiger partial charge on any atom is 0.151 e. The Morgan fingerprint density at radius 2 is 2.14 bits per heavy atom. The van der Waals surface area contributed by atoms with Crippen LogP contribution in [0, 0.1) is 0 Å². The molecule has 76 valence electrons. The van der Waals surface area contributed by atoms with Crippen molar-refractivity contribution in [3.63, 3.8) is 0 Å². The van der Waals surface area contributed by atoms with E-state index >= 15 is 0 Å². The molecule has 5 nitrogen and oxygen atoms in total. The van der Waals surface area contributed by atoms with Crippen molar-refractivity contribution in [2.45, 2.75) is 12.2 Å². The highest BCUT2D eigenvalue weighted by molar-refractivity contribution is 5.74. The number of carbonyl (C=O) groups is 1. The Kier molecular flexibility index (Phi) is 3.70. The molecule has 2 atom stereocenters. The molecule has 14 heavy (non-hydrogen) atoms. The van der Waals surface area contributed by atoms with Crippen LogP contribution in [0.15, 0.2) is 18.5 Å². The number of hydrogen-bond acceptors (Lipinski definition) is 5. The van der Waals surface area contributed by atoms with Crippen LogP contribution in [0.4, 0.5) is 0 Å². The number of hydrogen-bond donors (Lipinski definition) is 3. The van der Waals surface area contributed by atoms with Gasteiger partial charge in [0, 0.05) is 23.5 Å². The van der Waals surface area contributed by atoms with Crippen molar-refractivity contribution >= 4 is 6.29 Å². The highest BCUT2D eigenvalue weighted by Gasteiger charge is 2.17. The van der Waals surface area contributed by atoms with Crippen molar-refractivity contribution < 1.29 is 20.1 Å². The van der Waals surface area contributed by atoms with Crippen LogP contribution in [0.2, 0.25) is 0 Å². The highest BCUT2D eigenvalue weighted by Crippen LogP contribution is 2.16. The molecule has 2 unspecified atom stereocenters. The molecule has 0 amide bonds. The smallest absolute Gasteiger partial charge is 0.151 e. The van der Waals surface area contributed by atoms with Gasteiger partial charge in [0.05, 0.1) is 6.61 Å². The minimum Gasteiger partial charge on any atom is -0.394 e. The van der Waals surface area contributed by atoms with E-state index in [2.05, 4.69) is 4.98 Å². The minimum atomic E-state index is -1.27. The van der Waals surface area contributed by atoms with Crippen molar-refractivity contribution in [3.8, 4) is 0 Å². The molecule has 0 aliphatic rings. The molecule has 0 aliphatic carbocycles. The van der Waals surface area contributed by atoms with E-state index in [1.54, 1.807) is 0 Å². The van der Waals surface area contributed by atoms with Crippen LogP contribution in [0.5, 0.6) is 0 Å². The van der Waals surface area contributed by atoms with E-state index in [-0.39, 0.29) is 0 Å². The fourth-order valence-electron chi connectivity index (χ4n) is 1.02. The molecule has 3 N–H and O–H groups in total. The number of rotatable bonds is 4. The van der Waals surface area contributed by atoms with Gasteiger partial charge in [-0.1, -0.05) is 0 Å². The minimum absolute atomic E-state index is 0.302. The molecule has 1 rings (SSSR count). The second-order valence-electron chi connectivity index (χ2n) is 2.86. The summed E-state index contributed by atoms with van der Waals surface area (Å²) < 4.78 is 0. The molecular weight excluding hydrogens is 186 g/mol. The van der Waals surface area contributed by atoms with Crippen LogP contribution in [0.1, 0.15) is 22.0 Å². The molecule has 0 saturated heterocycles. The van der Waals surface area contributed by atoms with Gasteiger partial charge in [0.2, 0.25) is 0 Å². The third-order valence-corrected chi connectivity index (χ3v) is 1.81. The Morgan fingerprint density at radius 1 is 1.43 bits per heavy atom. The Bertz CT molecular complexity index is 315. The third kappa shape index (κ3) is 2.35. The number of carbonyl (C=O) groups excluding carboxylic acids is 1. The van der Waals surface area contributed by atoms with E-state index in [1.807, 2.05) is 0 Å². The van der Waals surface area contributed by atoms with Gasteiger partial charge in [-0.25, -0.2) is 0 Å². The van der Waals surface area contributed by atoms with E-state index in [9.17, 15) is 9.90 Å². The monoisotopic (exact) mass is 197 g/mol. The standard InChI is InChI=1S/C9H11NO4/c11-4-6-1-7(3-10-2-6)9(14)8(13)5-12/h1-4,8-9,12-14H,5H2. The Labute approximate surface area is 80.7 Å². The molecule has 0 saturated carbocycles. The van der Waals surface area contributed by atoms with Gasteiger partial charge >= 0.3 is 0 Å². The predicted molar refractivity (Wildman–Crippen MR) is 47.7 cm³/mol. The number of aliphatic hydroxyl groups excluding tert-OH is 3. The van der Waals surface area contributed by atoms with Gasteiger partial charge in [0.15, 0.2) is 6.29 Å². The SMILES string of the molecule is O=Cc1cncc(C(O)C(O)CO)c1. The second-order valence-corrected chi connectivity index (χ2v) is 2.86. The van der Waals surface area contributed by atoms with Crippen LogP contribution in [-0.2, 0) is 0 Å². The van der Waals surface area contributed by atoms with Crippen molar-refractivity contribution in [2.24, 2.45) is 0 Å². The fourth-order valence-corrected chi connectivity index (χ4v) is 1.02. The quantitative estimate of drug-likeness (QED) is 0.554. The van der Waals surface area contributed by atoms with Gasteiger partial charge in [-0.3, -0.25) is 9.78 Å². The summed E-state index contributed by atoms with van der Waals surface area (Å²) in [5, 5.41) is 27.2. The van der Waals surface area contributed by atoms with Crippen LogP contribution in [0.3, 0.4) is 0 Å². The summed E-state index contributed by atoms with van der Waals surface area (Å²) in [4.78, 5) is 14.1. The zero-order chi connectivity index (χ0) is 10.6. The number of aliphatic hydroxyl groups is 3. The number of nitrogens with zero attached hydrogens (tertiary/aromatic N) is 1. The van der Waals surface area contributed by atoms with Crippen LogP contribution >= 0.6 is 0 Å². The summed E-state index contributed by atoms with van der Waals surface area (Å²) in [6.07, 6.45) is 0.769. The van der Waals surface area contributed by atoms with Gasteiger partial charge in [0.1, 0.15) is 12.2 Å². The zero-order valence-electron chi connectivity index (χ0n) is 7.37. The summed E-state index contributed by atoms with van der Waals surface area (Å²) in [6.45, 7) is -0.549. The first kappa shape index (κ1) is 10.8. The molecule has 0 radical (unpaired) electrons. The van der Waals surface area contributed by atoms with Gasteiger partial charge in [0.25, 0.3) is 0 Å².